The fourth-order valence-electron chi connectivity index (χ4n) is 3.38. The molecule has 146 valence electrons. The number of benzene rings is 2. The van der Waals surface area contributed by atoms with Crippen LogP contribution in [-0.2, 0) is 6.42 Å². The SMILES string of the molecule is CCN(C(=O)c1cnc(NCCc2c[nH]c3ccccc23)nc1)c1ccccc1. The highest BCUT2D eigenvalue weighted by Gasteiger charge is 2.16. The number of para-hydroxylation sites is 2. The number of fused-ring (bicyclic) bond motifs is 1. The number of H-pyrrole nitrogens is 1. The Bertz CT molecular complexity index is 1090. The van der Waals surface area contributed by atoms with E-state index in [9.17, 15) is 4.79 Å². The van der Waals surface area contributed by atoms with Crippen molar-refractivity contribution in [1.29, 1.82) is 0 Å². The van der Waals surface area contributed by atoms with E-state index in [1.165, 1.54) is 10.9 Å². The van der Waals surface area contributed by atoms with Crippen LogP contribution in [0, 0.1) is 0 Å². The molecule has 2 heterocycles. The number of carbonyl (C=O) groups is 1. The van der Waals surface area contributed by atoms with E-state index in [2.05, 4.69) is 32.4 Å². The topological polar surface area (TPSA) is 73.9 Å². The third kappa shape index (κ3) is 4.11. The monoisotopic (exact) mass is 385 g/mol. The van der Waals surface area contributed by atoms with Gasteiger partial charge in [-0.2, -0.15) is 0 Å². The second-order valence-corrected chi connectivity index (χ2v) is 6.72. The van der Waals surface area contributed by atoms with Gasteiger partial charge in [-0.25, -0.2) is 9.97 Å². The van der Waals surface area contributed by atoms with Crippen LogP contribution < -0.4 is 10.2 Å². The molecule has 0 unspecified atom stereocenters. The van der Waals surface area contributed by atoms with Crippen molar-refractivity contribution in [3.63, 3.8) is 0 Å². The Hall–Kier alpha value is -3.67. The van der Waals surface area contributed by atoms with Gasteiger partial charge >= 0.3 is 0 Å². The number of hydrogen-bond donors (Lipinski definition) is 2. The lowest BCUT2D eigenvalue weighted by atomic mass is 10.1. The van der Waals surface area contributed by atoms with E-state index in [-0.39, 0.29) is 5.91 Å². The molecule has 0 atom stereocenters. The first-order valence-corrected chi connectivity index (χ1v) is 9.74. The predicted molar refractivity (Wildman–Crippen MR) is 116 cm³/mol. The summed E-state index contributed by atoms with van der Waals surface area (Å²) in [6, 6.07) is 17.9. The fourth-order valence-corrected chi connectivity index (χ4v) is 3.38. The minimum Gasteiger partial charge on any atom is -0.361 e. The molecule has 0 bridgehead atoms. The van der Waals surface area contributed by atoms with Crippen LogP contribution in [0.3, 0.4) is 0 Å². The molecular weight excluding hydrogens is 362 g/mol. The van der Waals surface area contributed by atoms with Crippen molar-refractivity contribution in [3.05, 3.63) is 84.3 Å². The first kappa shape index (κ1) is 18.7. The molecule has 0 fully saturated rings. The molecule has 4 rings (SSSR count). The molecule has 0 aliphatic rings. The van der Waals surface area contributed by atoms with Crippen molar-refractivity contribution in [2.75, 3.05) is 23.3 Å². The number of carbonyl (C=O) groups excluding carboxylic acids is 1. The van der Waals surface area contributed by atoms with Gasteiger partial charge in [-0.1, -0.05) is 36.4 Å². The summed E-state index contributed by atoms with van der Waals surface area (Å²) in [5.41, 5.74) is 3.72. The van der Waals surface area contributed by atoms with Crippen LogP contribution in [0.1, 0.15) is 22.8 Å². The molecular formula is C23H23N5O. The molecule has 6 heteroatoms. The summed E-state index contributed by atoms with van der Waals surface area (Å²) >= 11 is 0. The van der Waals surface area contributed by atoms with Gasteiger partial charge in [0.15, 0.2) is 0 Å². The molecule has 0 radical (unpaired) electrons. The number of aromatic amines is 1. The first-order valence-electron chi connectivity index (χ1n) is 9.74. The van der Waals surface area contributed by atoms with Crippen molar-refractivity contribution >= 4 is 28.4 Å². The Morgan fingerprint density at radius 2 is 1.76 bits per heavy atom. The summed E-state index contributed by atoms with van der Waals surface area (Å²) in [5, 5.41) is 4.46. The molecule has 1 amide bonds. The molecule has 6 nitrogen and oxygen atoms in total. The van der Waals surface area contributed by atoms with E-state index in [4.69, 9.17) is 0 Å². The fraction of sp³-hybridized carbons (Fsp3) is 0.174. The quantitative estimate of drug-likeness (QED) is 0.498. The van der Waals surface area contributed by atoms with Gasteiger partial charge in [0.25, 0.3) is 5.91 Å². The molecule has 4 aromatic rings. The highest BCUT2D eigenvalue weighted by molar-refractivity contribution is 6.05. The molecule has 0 saturated heterocycles. The molecule has 0 spiro atoms. The number of anilines is 2. The van der Waals surface area contributed by atoms with Gasteiger partial charge in [0.2, 0.25) is 5.95 Å². The number of aromatic nitrogens is 3. The van der Waals surface area contributed by atoms with Gasteiger partial charge in [-0.05, 0) is 37.1 Å². The minimum atomic E-state index is -0.107. The summed E-state index contributed by atoms with van der Waals surface area (Å²) in [4.78, 5) is 26.4. The van der Waals surface area contributed by atoms with E-state index in [1.807, 2.05) is 55.6 Å². The van der Waals surface area contributed by atoms with Crippen LogP contribution in [-0.4, -0.2) is 33.9 Å². The van der Waals surface area contributed by atoms with Crippen molar-refractivity contribution in [1.82, 2.24) is 15.0 Å². The van der Waals surface area contributed by atoms with Crippen molar-refractivity contribution < 1.29 is 4.79 Å². The lowest BCUT2D eigenvalue weighted by Gasteiger charge is -2.20. The van der Waals surface area contributed by atoms with Gasteiger partial charge in [0, 0.05) is 48.3 Å². The average Bonchev–Trinajstić information content (AvgIpc) is 3.19. The van der Waals surface area contributed by atoms with E-state index in [0.29, 0.717) is 24.6 Å². The van der Waals surface area contributed by atoms with Gasteiger partial charge in [-0.15, -0.1) is 0 Å². The number of nitrogens with zero attached hydrogens (tertiary/aromatic N) is 3. The summed E-state index contributed by atoms with van der Waals surface area (Å²) in [6.45, 7) is 3.24. The van der Waals surface area contributed by atoms with Crippen LogP contribution in [0.5, 0.6) is 0 Å². The van der Waals surface area contributed by atoms with Gasteiger partial charge in [-0.3, -0.25) is 4.79 Å². The van der Waals surface area contributed by atoms with Crippen LogP contribution in [0.4, 0.5) is 11.6 Å². The lowest BCUT2D eigenvalue weighted by Crippen LogP contribution is -2.30. The predicted octanol–water partition coefficient (Wildman–Crippen LogP) is 4.28. The van der Waals surface area contributed by atoms with Crippen molar-refractivity contribution in [2.45, 2.75) is 13.3 Å². The zero-order valence-corrected chi connectivity index (χ0v) is 16.3. The van der Waals surface area contributed by atoms with E-state index in [0.717, 1.165) is 17.6 Å². The second kappa shape index (κ2) is 8.56. The Morgan fingerprint density at radius 1 is 1.03 bits per heavy atom. The van der Waals surface area contributed by atoms with Gasteiger partial charge < -0.3 is 15.2 Å². The summed E-state index contributed by atoms with van der Waals surface area (Å²) < 4.78 is 0. The summed E-state index contributed by atoms with van der Waals surface area (Å²) in [5.74, 6) is 0.410. The number of nitrogens with one attached hydrogen (secondary N) is 2. The highest BCUT2D eigenvalue weighted by Crippen LogP contribution is 2.18. The highest BCUT2D eigenvalue weighted by atomic mass is 16.2. The Kier molecular flexibility index (Phi) is 5.52. The summed E-state index contributed by atoms with van der Waals surface area (Å²) in [6.07, 6.45) is 6.05. The van der Waals surface area contributed by atoms with Gasteiger partial charge in [0.1, 0.15) is 0 Å². The van der Waals surface area contributed by atoms with Crippen LogP contribution in [0.25, 0.3) is 10.9 Å². The van der Waals surface area contributed by atoms with Crippen LogP contribution in [0.15, 0.2) is 73.2 Å². The molecule has 2 aromatic carbocycles. The van der Waals surface area contributed by atoms with Crippen molar-refractivity contribution in [3.8, 4) is 0 Å². The maximum Gasteiger partial charge on any atom is 0.261 e. The Morgan fingerprint density at radius 3 is 2.52 bits per heavy atom. The molecule has 0 aliphatic heterocycles. The second-order valence-electron chi connectivity index (χ2n) is 6.72. The number of rotatable bonds is 7. The standard InChI is InChI=1S/C23H23N5O/c1-2-28(19-8-4-3-5-9-19)22(29)18-15-26-23(27-16-18)24-13-12-17-14-25-21-11-7-6-10-20(17)21/h3-11,14-16,25H,2,12-13H2,1H3,(H,24,26,27). The summed E-state index contributed by atoms with van der Waals surface area (Å²) in [7, 11) is 0. The maximum absolute atomic E-state index is 12.8. The average molecular weight is 385 g/mol. The van der Waals surface area contributed by atoms with E-state index in [1.54, 1.807) is 17.3 Å². The Balaban J connectivity index is 1.38. The number of hydrogen-bond acceptors (Lipinski definition) is 4. The lowest BCUT2D eigenvalue weighted by molar-refractivity contribution is 0.0987. The number of amides is 1. The molecule has 0 saturated carbocycles. The first-order chi connectivity index (χ1) is 14.3. The largest absolute Gasteiger partial charge is 0.361 e. The van der Waals surface area contributed by atoms with E-state index >= 15 is 0 Å². The van der Waals surface area contributed by atoms with E-state index < -0.39 is 0 Å². The van der Waals surface area contributed by atoms with Crippen LogP contribution >= 0.6 is 0 Å². The molecule has 0 aliphatic carbocycles. The minimum absolute atomic E-state index is 0.107. The molecule has 2 N–H and O–H groups in total. The third-order valence-corrected chi connectivity index (χ3v) is 4.88. The Labute approximate surface area is 169 Å². The normalized spacial score (nSPS) is 10.8. The van der Waals surface area contributed by atoms with Crippen molar-refractivity contribution in [2.24, 2.45) is 0 Å². The maximum atomic E-state index is 12.8. The third-order valence-electron chi connectivity index (χ3n) is 4.88. The van der Waals surface area contributed by atoms with Gasteiger partial charge in [0.05, 0.1) is 5.56 Å². The zero-order chi connectivity index (χ0) is 20.1. The smallest absolute Gasteiger partial charge is 0.261 e. The molecule has 29 heavy (non-hydrogen) atoms. The van der Waals surface area contributed by atoms with Crippen LogP contribution in [0.2, 0.25) is 0 Å². The zero-order valence-electron chi connectivity index (χ0n) is 16.3. The molecule has 2 aromatic heterocycles.